The fourth-order valence-electron chi connectivity index (χ4n) is 0.797. The zero-order valence-corrected chi connectivity index (χ0v) is 13.8. The summed E-state index contributed by atoms with van der Waals surface area (Å²) in [7, 11) is 0. The van der Waals surface area contributed by atoms with Crippen molar-refractivity contribution in [1.29, 1.82) is 0 Å². The van der Waals surface area contributed by atoms with E-state index in [-0.39, 0.29) is 109 Å². The molecular weight excluding hydrogens is 204 g/mol. The van der Waals surface area contributed by atoms with Crippen molar-refractivity contribution in [1.82, 2.24) is 0 Å². The summed E-state index contributed by atoms with van der Waals surface area (Å²) in [6.45, 7) is 0. The second-order valence-corrected chi connectivity index (χ2v) is 2.13. The molecule has 12 heavy (non-hydrogen) atoms. The summed E-state index contributed by atoms with van der Waals surface area (Å²) in [6, 6.07) is 9.44. The van der Waals surface area contributed by atoms with Crippen molar-refractivity contribution in [2.75, 3.05) is 0 Å². The molecule has 0 atom stereocenters. The molecule has 0 bridgehead atoms. The summed E-state index contributed by atoms with van der Waals surface area (Å²) in [5.41, 5.74) is 5.95. The summed E-state index contributed by atoms with van der Waals surface area (Å²) in [5, 5.41) is 0. The molecule has 0 aliphatic rings. The molecule has 1 rings (SSSR count). The van der Waals surface area contributed by atoms with E-state index in [0.29, 0.717) is 6.42 Å². The van der Waals surface area contributed by atoms with Crippen LogP contribution in [0.1, 0.15) is 5.56 Å². The molecule has 0 unspecified atom stereocenters. The van der Waals surface area contributed by atoms with Crippen LogP contribution in [-0.4, -0.2) is 109 Å². The molecule has 1 aromatic carbocycles. The van der Waals surface area contributed by atoms with E-state index in [1.807, 2.05) is 30.3 Å². The minimum atomic E-state index is -0.286. The van der Waals surface area contributed by atoms with E-state index in [1.165, 1.54) is 0 Å². The Labute approximate surface area is 158 Å². The summed E-state index contributed by atoms with van der Waals surface area (Å²) in [5.74, 6) is -0.286. The molecule has 0 spiro atoms. The molecule has 0 aliphatic heterocycles. The first-order chi connectivity index (χ1) is 4.79. The normalized spacial score (nSPS) is 7.67. The average Bonchev–Trinajstić information content (AvgIpc) is 1.88. The maximum Gasteiger partial charge on any atom is 0.221 e. The molecule has 2 radical (unpaired) electrons. The molecule has 0 aliphatic carbocycles. The van der Waals surface area contributed by atoms with Crippen molar-refractivity contribution >= 4 is 109 Å². The van der Waals surface area contributed by atoms with Crippen LogP contribution in [0.2, 0.25) is 0 Å². The monoisotopic (exact) mass is 213 g/mol. The van der Waals surface area contributed by atoms with E-state index in [0.717, 1.165) is 5.56 Å². The summed E-state index contributed by atoms with van der Waals surface area (Å²) in [4.78, 5) is 10.4. The van der Waals surface area contributed by atoms with Gasteiger partial charge in [-0.2, -0.15) is 0 Å². The SMILES string of the molecule is NC(=O)Cc1ccccc1.[K].[K]. The molecule has 0 fully saturated rings. The average molecular weight is 213 g/mol. The van der Waals surface area contributed by atoms with Gasteiger partial charge in [0.15, 0.2) is 0 Å². The van der Waals surface area contributed by atoms with Crippen LogP contribution >= 0.6 is 0 Å². The Kier molecular flexibility index (Phi) is 13.0. The van der Waals surface area contributed by atoms with Crippen LogP contribution in [0.25, 0.3) is 0 Å². The van der Waals surface area contributed by atoms with Crippen molar-refractivity contribution in [2.45, 2.75) is 6.42 Å². The van der Waals surface area contributed by atoms with E-state index in [4.69, 9.17) is 5.73 Å². The molecule has 2 N–H and O–H groups in total. The Hall–Kier alpha value is 1.96. The number of benzene rings is 1. The fraction of sp³-hybridized carbons (Fsp3) is 0.125. The zero-order chi connectivity index (χ0) is 7.40. The maximum atomic E-state index is 10.4. The van der Waals surface area contributed by atoms with Gasteiger partial charge in [0.2, 0.25) is 5.91 Å². The second-order valence-electron chi connectivity index (χ2n) is 2.13. The third-order valence-corrected chi connectivity index (χ3v) is 1.22. The number of hydrogen-bond donors (Lipinski definition) is 1. The molecule has 0 aromatic heterocycles. The Bertz CT molecular complexity index is 226. The number of carbonyl (C=O) groups is 1. The Morgan fingerprint density at radius 3 is 2.08 bits per heavy atom. The van der Waals surface area contributed by atoms with Crippen LogP contribution < -0.4 is 5.73 Å². The van der Waals surface area contributed by atoms with Gasteiger partial charge in [-0.05, 0) is 5.56 Å². The van der Waals surface area contributed by atoms with Gasteiger partial charge in [-0.3, -0.25) is 4.79 Å². The maximum absolute atomic E-state index is 10.4. The summed E-state index contributed by atoms with van der Waals surface area (Å²) >= 11 is 0. The number of rotatable bonds is 2. The third kappa shape index (κ3) is 7.37. The number of amides is 1. The molecule has 0 heterocycles. The van der Waals surface area contributed by atoms with Gasteiger partial charge in [0.25, 0.3) is 0 Å². The van der Waals surface area contributed by atoms with Gasteiger partial charge in [0, 0.05) is 103 Å². The van der Waals surface area contributed by atoms with Crippen LogP contribution in [0.3, 0.4) is 0 Å². The summed E-state index contributed by atoms with van der Waals surface area (Å²) in [6.07, 6.45) is 0.334. The van der Waals surface area contributed by atoms with Crippen LogP contribution in [0.5, 0.6) is 0 Å². The smallest absolute Gasteiger partial charge is 0.221 e. The molecule has 54 valence electrons. The minimum absolute atomic E-state index is 0. The van der Waals surface area contributed by atoms with Gasteiger partial charge in [0.1, 0.15) is 0 Å². The number of carbonyl (C=O) groups excluding carboxylic acids is 1. The Balaban J connectivity index is 0. The first kappa shape index (κ1) is 16.4. The molecule has 4 heteroatoms. The van der Waals surface area contributed by atoms with Crippen LogP contribution in [0, 0.1) is 0 Å². The van der Waals surface area contributed by atoms with E-state index in [1.54, 1.807) is 0 Å². The molecule has 1 amide bonds. The molecule has 0 saturated heterocycles. The van der Waals surface area contributed by atoms with Crippen LogP contribution in [0.4, 0.5) is 0 Å². The molecule has 0 saturated carbocycles. The van der Waals surface area contributed by atoms with Gasteiger partial charge in [-0.25, -0.2) is 0 Å². The van der Waals surface area contributed by atoms with E-state index in [2.05, 4.69) is 0 Å². The standard InChI is InChI=1S/C8H9NO.2K/c9-8(10)6-7-4-2-1-3-5-7;;/h1-5H,6H2,(H2,9,10);;. The first-order valence-corrected chi connectivity index (χ1v) is 3.11. The van der Waals surface area contributed by atoms with Crippen molar-refractivity contribution in [3.8, 4) is 0 Å². The predicted molar refractivity (Wildman–Crippen MR) is 50.8 cm³/mol. The van der Waals surface area contributed by atoms with E-state index >= 15 is 0 Å². The number of nitrogens with two attached hydrogens (primary N) is 1. The molecule has 1 aromatic rings. The Morgan fingerprint density at radius 2 is 1.67 bits per heavy atom. The predicted octanol–water partition coefficient (Wildman–Crippen LogP) is -0.0472. The van der Waals surface area contributed by atoms with Crippen molar-refractivity contribution in [3.05, 3.63) is 35.9 Å². The number of hydrogen-bond acceptors (Lipinski definition) is 1. The second kappa shape index (κ2) is 9.52. The number of primary amides is 1. The first-order valence-electron chi connectivity index (χ1n) is 3.11. The largest absolute Gasteiger partial charge is 0.369 e. The Morgan fingerprint density at radius 1 is 1.17 bits per heavy atom. The minimum Gasteiger partial charge on any atom is -0.369 e. The quantitative estimate of drug-likeness (QED) is 0.688. The topological polar surface area (TPSA) is 43.1 Å². The molecule has 2 nitrogen and oxygen atoms in total. The fourth-order valence-corrected chi connectivity index (χ4v) is 0.797. The third-order valence-electron chi connectivity index (χ3n) is 1.22. The van der Waals surface area contributed by atoms with Crippen LogP contribution in [-0.2, 0) is 11.2 Å². The van der Waals surface area contributed by atoms with Gasteiger partial charge >= 0.3 is 0 Å². The summed E-state index contributed by atoms with van der Waals surface area (Å²) < 4.78 is 0. The van der Waals surface area contributed by atoms with Crippen molar-refractivity contribution in [2.24, 2.45) is 5.73 Å². The van der Waals surface area contributed by atoms with Crippen molar-refractivity contribution < 1.29 is 4.79 Å². The zero-order valence-electron chi connectivity index (χ0n) is 7.58. The van der Waals surface area contributed by atoms with E-state index in [9.17, 15) is 4.79 Å². The van der Waals surface area contributed by atoms with Crippen LogP contribution in [0.15, 0.2) is 30.3 Å². The van der Waals surface area contributed by atoms with Gasteiger partial charge < -0.3 is 5.73 Å². The molecular formula is C8H9K2NO. The van der Waals surface area contributed by atoms with Crippen molar-refractivity contribution in [3.63, 3.8) is 0 Å². The van der Waals surface area contributed by atoms with Gasteiger partial charge in [-0.1, -0.05) is 30.3 Å². The van der Waals surface area contributed by atoms with E-state index < -0.39 is 0 Å². The van der Waals surface area contributed by atoms with Gasteiger partial charge in [-0.15, -0.1) is 0 Å². The van der Waals surface area contributed by atoms with Gasteiger partial charge in [0.05, 0.1) is 6.42 Å².